The Morgan fingerprint density at radius 3 is 2.53 bits per heavy atom. The standard InChI is InChI=1S/C14H17N3O2/c1-4-19-14(18)13-12(15)8-17(16-13)11-6-9(2)5-10(3)7-11/h5-8H,4,15H2,1-3H3. The molecule has 0 spiro atoms. The van der Waals surface area contributed by atoms with E-state index in [9.17, 15) is 4.79 Å². The van der Waals surface area contributed by atoms with Gasteiger partial charge in [-0.15, -0.1) is 0 Å². The first-order valence-corrected chi connectivity index (χ1v) is 6.12. The van der Waals surface area contributed by atoms with Gasteiger partial charge in [0.25, 0.3) is 0 Å². The number of anilines is 1. The molecule has 1 aromatic heterocycles. The largest absolute Gasteiger partial charge is 0.461 e. The van der Waals surface area contributed by atoms with Crippen molar-refractivity contribution in [1.29, 1.82) is 0 Å². The lowest BCUT2D eigenvalue weighted by Gasteiger charge is -2.04. The lowest BCUT2D eigenvalue weighted by molar-refractivity contribution is 0.0520. The van der Waals surface area contributed by atoms with Crippen molar-refractivity contribution in [3.8, 4) is 5.69 Å². The third-order valence-electron chi connectivity index (χ3n) is 2.68. The number of aromatic nitrogens is 2. The van der Waals surface area contributed by atoms with Gasteiger partial charge in [0.1, 0.15) is 0 Å². The Bertz CT molecular complexity index is 597. The molecule has 0 fully saturated rings. The van der Waals surface area contributed by atoms with Crippen LogP contribution in [0.3, 0.4) is 0 Å². The lowest BCUT2D eigenvalue weighted by atomic mass is 10.1. The van der Waals surface area contributed by atoms with Crippen LogP contribution in [0, 0.1) is 13.8 Å². The van der Waals surface area contributed by atoms with E-state index < -0.39 is 5.97 Å². The minimum atomic E-state index is -0.497. The van der Waals surface area contributed by atoms with Crippen molar-refractivity contribution in [2.24, 2.45) is 0 Å². The Morgan fingerprint density at radius 1 is 1.32 bits per heavy atom. The molecule has 0 radical (unpaired) electrons. The van der Waals surface area contributed by atoms with Crippen LogP contribution in [0.25, 0.3) is 5.69 Å². The first kappa shape index (κ1) is 13.1. The maximum Gasteiger partial charge on any atom is 0.361 e. The van der Waals surface area contributed by atoms with Crippen LogP contribution in [0.1, 0.15) is 28.5 Å². The molecular weight excluding hydrogens is 242 g/mol. The maximum atomic E-state index is 11.7. The van der Waals surface area contributed by atoms with Gasteiger partial charge in [0.2, 0.25) is 0 Å². The Balaban J connectivity index is 2.41. The summed E-state index contributed by atoms with van der Waals surface area (Å²) in [4.78, 5) is 11.7. The van der Waals surface area contributed by atoms with Crippen LogP contribution in [0.5, 0.6) is 0 Å². The van der Waals surface area contributed by atoms with Gasteiger partial charge >= 0.3 is 5.97 Å². The molecule has 0 atom stereocenters. The van der Waals surface area contributed by atoms with E-state index in [0.29, 0.717) is 12.3 Å². The number of carbonyl (C=O) groups excluding carboxylic acids is 1. The molecule has 0 aliphatic rings. The molecule has 0 saturated carbocycles. The Kier molecular flexibility index (Phi) is 3.55. The summed E-state index contributed by atoms with van der Waals surface area (Å²) >= 11 is 0. The highest BCUT2D eigenvalue weighted by molar-refractivity contribution is 5.92. The summed E-state index contributed by atoms with van der Waals surface area (Å²) in [5.74, 6) is -0.497. The van der Waals surface area contributed by atoms with E-state index in [4.69, 9.17) is 10.5 Å². The number of rotatable bonds is 3. The fourth-order valence-electron chi connectivity index (χ4n) is 1.96. The van der Waals surface area contributed by atoms with Gasteiger partial charge in [0, 0.05) is 0 Å². The zero-order valence-electron chi connectivity index (χ0n) is 11.3. The molecular formula is C14H17N3O2. The smallest absolute Gasteiger partial charge is 0.361 e. The number of benzene rings is 1. The summed E-state index contributed by atoms with van der Waals surface area (Å²) < 4.78 is 6.51. The van der Waals surface area contributed by atoms with Crippen LogP contribution < -0.4 is 5.73 Å². The number of nitrogens with two attached hydrogens (primary N) is 1. The molecule has 5 heteroatoms. The van der Waals surface area contributed by atoms with Gasteiger partial charge < -0.3 is 10.5 Å². The number of hydrogen-bond donors (Lipinski definition) is 1. The summed E-state index contributed by atoms with van der Waals surface area (Å²) in [6, 6.07) is 6.03. The molecule has 0 aliphatic carbocycles. The van der Waals surface area contributed by atoms with Gasteiger partial charge in [-0.25, -0.2) is 9.48 Å². The molecule has 1 heterocycles. The summed E-state index contributed by atoms with van der Waals surface area (Å²) in [5, 5.41) is 4.20. The third kappa shape index (κ3) is 2.76. The van der Waals surface area contributed by atoms with E-state index >= 15 is 0 Å². The molecule has 0 saturated heterocycles. The maximum absolute atomic E-state index is 11.7. The number of carbonyl (C=O) groups is 1. The van der Waals surface area contributed by atoms with Crippen LogP contribution >= 0.6 is 0 Å². The number of hydrogen-bond acceptors (Lipinski definition) is 4. The van der Waals surface area contributed by atoms with Crippen LogP contribution in [-0.2, 0) is 4.74 Å². The topological polar surface area (TPSA) is 70.1 Å². The Morgan fingerprint density at radius 2 is 1.95 bits per heavy atom. The minimum Gasteiger partial charge on any atom is -0.461 e. The van der Waals surface area contributed by atoms with Crippen molar-refractivity contribution in [3.05, 3.63) is 41.2 Å². The van der Waals surface area contributed by atoms with E-state index in [-0.39, 0.29) is 5.69 Å². The second-order valence-corrected chi connectivity index (χ2v) is 4.44. The molecule has 2 N–H and O–H groups in total. The van der Waals surface area contributed by atoms with Gasteiger partial charge in [-0.05, 0) is 44.0 Å². The van der Waals surface area contributed by atoms with Gasteiger partial charge in [-0.1, -0.05) is 6.07 Å². The van der Waals surface area contributed by atoms with Crippen LogP contribution in [0.15, 0.2) is 24.4 Å². The van der Waals surface area contributed by atoms with Gasteiger partial charge in [-0.3, -0.25) is 0 Å². The molecule has 2 rings (SSSR count). The summed E-state index contributed by atoms with van der Waals surface area (Å²) in [5.41, 5.74) is 9.40. The normalized spacial score (nSPS) is 10.5. The van der Waals surface area contributed by atoms with E-state index in [2.05, 4.69) is 11.2 Å². The average molecular weight is 259 g/mol. The predicted molar refractivity (Wildman–Crippen MR) is 73.4 cm³/mol. The minimum absolute atomic E-state index is 0.154. The van der Waals surface area contributed by atoms with E-state index in [1.165, 1.54) is 0 Å². The fraction of sp³-hybridized carbons (Fsp3) is 0.286. The quantitative estimate of drug-likeness (QED) is 0.858. The lowest BCUT2D eigenvalue weighted by Crippen LogP contribution is -2.08. The molecule has 5 nitrogen and oxygen atoms in total. The highest BCUT2D eigenvalue weighted by Crippen LogP contribution is 2.17. The SMILES string of the molecule is CCOC(=O)c1nn(-c2cc(C)cc(C)c2)cc1N. The predicted octanol–water partition coefficient (Wildman–Crippen LogP) is 2.25. The van der Waals surface area contributed by atoms with E-state index in [1.807, 2.05) is 26.0 Å². The molecule has 0 aliphatic heterocycles. The van der Waals surface area contributed by atoms with Crippen LogP contribution in [0.4, 0.5) is 5.69 Å². The van der Waals surface area contributed by atoms with Crippen molar-refractivity contribution in [1.82, 2.24) is 9.78 Å². The highest BCUT2D eigenvalue weighted by Gasteiger charge is 2.16. The Hall–Kier alpha value is -2.30. The average Bonchev–Trinajstić information content (AvgIpc) is 2.70. The molecule has 0 bridgehead atoms. The molecule has 100 valence electrons. The van der Waals surface area contributed by atoms with Crippen LogP contribution in [0.2, 0.25) is 0 Å². The number of nitrogens with zero attached hydrogens (tertiary/aromatic N) is 2. The molecule has 19 heavy (non-hydrogen) atoms. The number of nitrogen functional groups attached to an aromatic ring is 1. The highest BCUT2D eigenvalue weighted by atomic mass is 16.5. The van der Waals surface area contributed by atoms with Crippen molar-refractivity contribution in [2.45, 2.75) is 20.8 Å². The molecule has 1 aromatic carbocycles. The van der Waals surface area contributed by atoms with Crippen LogP contribution in [-0.4, -0.2) is 22.4 Å². The van der Waals surface area contributed by atoms with E-state index in [0.717, 1.165) is 16.8 Å². The monoisotopic (exact) mass is 259 g/mol. The second-order valence-electron chi connectivity index (χ2n) is 4.44. The molecule has 0 unspecified atom stereocenters. The second kappa shape index (κ2) is 5.14. The third-order valence-corrected chi connectivity index (χ3v) is 2.68. The van der Waals surface area contributed by atoms with Crippen molar-refractivity contribution in [2.75, 3.05) is 12.3 Å². The summed E-state index contributed by atoms with van der Waals surface area (Å²) in [7, 11) is 0. The van der Waals surface area contributed by atoms with E-state index in [1.54, 1.807) is 17.8 Å². The number of aryl methyl sites for hydroxylation is 2. The summed E-state index contributed by atoms with van der Waals surface area (Å²) in [6.45, 7) is 6.06. The molecule has 2 aromatic rings. The van der Waals surface area contributed by atoms with Gasteiger partial charge in [-0.2, -0.15) is 5.10 Å². The van der Waals surface area contributed by atoms with Crippen molar-refractivity contribution >= 4 is 11.7 Å². The van der Waals surface area contributed by atoms with Crippen molar-refractivity contribution < 1.29 is 9.53 Å². The number of esters is 1. The first-order chi connectivity index (χ1) is 9.01. The first-order valence-electron chi connectivity index (χ1n) is 6.12. The summed E-state index contributed by atoms with van der Waals surface area (Å²) in [6.07, 6.45) is 1.63. The van der Waals surface area contributed by atoms with Crippen molar-refractivity contribution in [3.63, 3.8) is 0 Å². The van der Waals surface area contributed by atoms with Gasteiger partial charge in [0.15, 0.2) is 5.69 Å². The van der Waals surface area contributed by atoms with Gasteiger partial charge in [0.05, 0.1) is 24.2 Å². The zero-order valence-corrected chi connectivity index (χ0v) is 11.3. The Labute approximate surface area is 112 Å². The zero-order chi connectivity index (χ0) is 14.0. The molecule has 0 amide bonds. The fourth-order valence-corrected chi connectivity index (χ4v) is 1.96. The number of ether oxygens (including phenoxy) is 1.